The van der Waals surface area contributed by atoms with Crippen LogP contribution in [0.1, 0.15) is 46.1 Å². The first-order valence-electron chi connectivity index (χ1n) is 10.5. The maximum absolute atomic E-state index is 13.1. The number of phenols is 1. The zero-order chi connectivity index (χ0) is 23.3. The van der Waals surface area contributed by atoms with Crippen LogP contribution in [0, 0.1) is 10.1 Å². The smallest absolute Gasteiger partial charge is 0.410 e. The van der Waals surface area contributed by atoms with Gasteiger partial charge in [-0.05, 0) is 52.2 Å². The molecule has 1 N–H and O–H groups in total. The number of ether oxygens (including phenoxy) is 2. The summed E-state index contributed by atoms with van der Waals surface area (Å²) in [5.41, 5.74) is -2.14. The van der Waals surface area contributed by atoms with E-state index in [1.54, 1.807) is 4.90 Å². The van der Waals surface area contributed by atoms with Crippen LogP contribution < -0.4 is 5.56 Å². The summed E-state index contributed by atoms with van der Waals surface area (Å²) < 4.78 is 12.9. The van der Waals surface area contributed by atoms with Crippen LogP contribution in [0.15, 0.2) is 23.3 Å². The molecule has 2 aliphatic rings. The van der Waals surface area contributed by atoms with E-state index in [1.165, 1.54) is 17.0 Å². The molecule has 2 saturated heterocycles. The molecule has 172 valence electrons. The van der Waals surface area contributed by atoms with Gasteiger partial charge in [-0.3, -0.25) is 19.5 Å². The summed E-state index contributed by atoms with van der Waals surface area (Å²) in [5.74, 6) is -0.576. The van der Waals surface area contributed by atoms with Crippen molar-refractivity contribution in [2.24, 2.45) is 0 Å². The molecule has 2 fully saturated rings. The van der Waals surface area contributed by atoms with Crippen molar-refractivity contribution in [3.8, 4) is 5.75 Å². The molecule has 32 heavy (non-hydrogen) atoms. The minimum atomic E-state index is -0.774. The number of nitrogens with zero attached hydrogens (tertiary/aromatic N) is 4. The Bertz CT molecular complexity index is 1130. The predicted octanol–water partition coefficient (Wildman–Crippen LogP) is 2.74. The summed E-state index contributed by atoms with van der Waals surface area (Å²) in [6.45, 7) is 6.67. The van der Waals surface area contributed by atoms with Crippen molar-refractivity contribution in [2.45, 2.75) is 57.3 Å². The molecule has 2 aliphatic heterocycles. The number of nitro groups is 1. The van der Waals surface area contributed by atoms with Gasteiger partial charge in [0.1, 0.15) is 11.0 Å². The molecule has 0 aliphatic carbocycles. The van der Waals surface area contributed by atoms with Crippen molar-refractivity contribution in [1.82, 2.24) is 14.5 Å². The molecule has 4 rings (SSSR count). The molecule has 0 saturated carbocycles. The average Bonchev–Trinajstić information content (AvgIpc) is 3.10. The summed E-state index contributed by atoms with van der Waals surface area (Å²) in [6, 6.07) is 2.18. The van der Waals surface area contributed by atoms with Crippen LogP contribution in [0.25, 0.3) is 10.9 Å². The van der Waals surface area contributed by atoms with Gasteiger partial charge in [0, 0.05) is 13.1 Å². The van der Waals surface area contributed by atoms with Crippen molar-refractivity contribution in [1.29, 1.82) is 0 Å². The predicted molar refractivity (Wildman–Crippen MR) is 114 cm³/mol. The lowest BCUT2D eigenvalue weighted by Crippen LogP contribution is -2.48. The number of hydrogen-bond acceptors (Lipinski definition) is 8. The number of aromatic hydroxyl groups is 1. The molecular formula is C21H26N4O7. The first-order valence-corrected chi connectivity index (χ1v) is 10.5. The van der Waals surface area contributed by atoms with Gasteiger partial charge < -0.3 is 19.5 Å². The molecule has 1 spiro atoms. The number of carbonyl (C=O) groups excluding carboxylic acids is 1. The number of fused-ring (bicyclic) bond motifs is 1. The Morgan fingerprint density at radius 3 is 2.66 bits per heavy atom. The summed E-state index contributed by atoms with van der Waals surface area (Å²) in [7, 11) is 0. The Balaban J connectivity index is 1.54. The van der Waals surface area contributed by atoms with Gasteiger partial charge in [-0.15, -0.1) is 0 Å². The summed E-state index contributed by atoms with van der Waals surface area (Å²) in [5, 5.41) is 21.1. The highest BCUT2D eigenvalue weighted by Gasteiger charge is 2.45. The largest absolute Gasteiger partial charge is 0.502 e. The van der Waals surface area contributed by atoms with E-state index in [0.29, 0.717) is 32.4 Å². The van der Waals surface area contributed by atoms with Gasteiger partial charge in [0.2, 0.25) is 0 Å². The molecule has 1 aromatic carbocycles. The lowest BCUT2D eigenvalue weighted by atomic mass is 9.87. The van der Waals surface area contributed by atoms with Crippen molar-refractivity contribution < 1.29 is 24.3 Å². The Morgan fingerprint density at radius 1 is 1.34 bits per heavy atom. The van der Waals surface area contributed by atoms with Gasteiger partial charge in [-0.1, -0.05) is 0 Å². The number of nitro benzene ring substituents is 1. The molecular weight excluding hydrogens is 420 g/mol. The first-order chi connectivity index (χ1) is 15.0. The fourth-order valence-electron chi connectivity index (χ4n) is 4.41. The SMILES string of the molecule is CC(C)(C)OC(=O)N1CCC2(CC1)CC(n1cnc3ccc(O)c([N+](=O)[O-])c3c1=O)CO2. The molecule has 1 unspecified atom stereocenters. The third kappa shape index (κ3) is 3.99. The minimum absolute atomic E-state index is 0.148. The van der Waals surface area contributed by atoms with E-state index < -0.39 is 33.1 Å². The Kier molecular flexibility index (Phi) is 5.32. The second-order valence-electron chi connectivity index (χ2n) is 9.36. The molecule has 2 aromatic rings. The number of benzene rings is 1. The Morgan fingerprint density at radius 2 is 2.03 bits per heavy atom. The van der Waals surface area contributed by atoms with Gasteiger partial charge in [-0.25, -0.2) is 9.78 Å². The topological polar surface area (TPSA) is 137 Å². The quantitative estimate of drug-likeness (QED) is 0.549. The Labute approximate surface area is 183 Å². The monoisotopic (exact) mass is 446 g/mol. The lowest BCUT2D eigenvalue weighted by Gasteiger charge is -2.39. The molecule has 3 heterocycles. The highest BCUT2D eigenvalue weighted by molar-refractivity contribution is 5.89. The standard InChI is InChI=1S/C21H26N4O7/c1-20(2,3)32-19(28)23-8-6-21(7-9-23)10-13(11-31-21)24-12-22-14-4-5-15(26)17(25(29)30)16(14)18(24)27/h4-5,12-13,26H,6-11H2,1-3H3. The van der Waals surface area contributed by atoms with Crippen LogP contribution in [0.5, 0.6) is 5.75 Å². The third-order valence-electron chi connectivity index (χ3n) is 6.00. The summed E-state index contributed by atoms with van der Waals surface area (Å²) in [6.07, 6.45) is 2.73. The molecule has 0 bridgehead atoms. The number of carbonyl (C=O) groups is 1. The average molecular weight is 446 g/mol. The van der Waals surface area contributed by atoms with Gasteiger partial charge >= 0.3 is 11.8 Å². The summed E-state index contributed by atoms with van der Waals surface area (Å²) >= 11 is 0. The van der Waals surface area contributed by atoms with Gasteiger partial charge in [0.25, 0.3) is 5.56 Å². The molecule has 11 heteroatoms. The third-order valence-corrected chi connectivity index (χ3v) is 6.00. The van der Waals surface area contributed by atoms with Crippen LogP contribution in [0.4, 0.5) is 10.5 Å². The zero-order valence-corrected chi connectivity index (χ0v) is 18.2. The Hall–Kier alpha value is -3.21. The van der Waals surface area contributed by atoms with E-state index in [0.717, 1.165) is 6.07 Å². The first kappa shape index (κ1) is 22.0. The lowest BCUT2D eigenvalue weighted by molar-refractivity contribution is -0.384. The maximum atomic E-state index is 13.1. The number of piperidine rings is 1. The van der Waals surface area contributed by atoms with E-state index >= 15 is 0 Å². The molecule has 1 amide bonds. The van der Waals surface area contributed by atoms with Crippen molar-refractivity contribution in [3.05, 3.63) is 38.9 Å². The fourth-order valence-corrected chi connectivity index (χ4v) is 4.41. The number of rotatable bonds is 2. The van der Waals surface area contributed by atoms with Crippen molar-refractivity contribution in [2.75, 3.05) is 19.7 Å². The fraction of sp³-hybridized carbons (Fsp3) is 0.571. The van der Waals surface area contributed by atoms with Crippen LogP contribution in [0.3, 0.4) is 0 Å². The van der Waals surface area contributed by atoms with E-state index in [2.05, 4.69) is 4.98 Å². The van der Waals surface area contributed by atoms with Gasteiger partial charge in [0.15, 0.2) is 5.75 Å². The zero-order valence-electron chi connectivity index (χ0n) is 18.2. The highest BCUT2D eigenvalue weighted by Crippen LogP contribution is 2.41. The normalized spacial score (nSPS) is 20.6. The van der Waals surface area contributed by atoms with Crippen molar-refractivity contribution in [3.63, 3.8) is 0 Å². The van der Waals surface area contributed by atoms with Crippen LogP contribution in [-0.2, 0) is 9.47 Å². The summed E-state index contributed by atoms with van der Waals surface area (Å²) in [4.78, 5) is 42.0. The number of likely N-dealkylation sites (tertiary alicyclic amines) is 1. The van der Waals surface area contributed by atoms with E-state index in [9.17, 15) is 24.8 Å². The van der Waals surface area contributed by atoms with E-state index in [4.69, 9.17) is 9.47 Å². The van der Waals surface area contributed by atoms with E-state index in [-0.39, 0.29) is 29.6 Å². The minimum Gasteiger partial charge on any atom is -0.502 e. The second-order valence-corrected chi connectivity index (χ2v) is 9.36. The maximum Gasteiger partial charge on any atom is 0.410 e. The number of aromatic nitrogens is 2. The van der Waals surface area contributed by atoms with Crippen molar-refractivity contribution >= 4 is 22.7 Å². The number of amides is 1. The molecule has 1 aromatic heterocycles. The van der Waals surface area contributed by atoms with Crippen LogP contribution in [0.2, 0.25) is 0 Å². The number of hydrogen-bond donors (Lipinski definition) is 1. The highest BCUT2D eigenvalue weighted by atomic mass is 16.6. The van der Waals surface area contributed by atoms with Crippen LogP contribution >= 0.6 is 0 Å². The molecule has 1 atom stereocenters. The van der Waals surface area contributed by atoms with Gasteiger partial charge in [0.05, 0.1) is 35.0 Å². The molecule has 0 radical (unpaired) electrons. The van der Waals surface area contributed by atoms with Crippen LogP contribution in [-0.4, -0.2) is 61.5 Å². The van der Waals surface area contributed by atoms with Gasteiger partial charge in [-0.2, -0.15) is 0 Å². The number of phenolic OH excluding ortho intramolecular Hbond substituents is 1. The second kappa shape index (κ2) is 7.73. The van der Waals surface area contributed by atoms with E-state index in [1.807, 2.05) is 20.8 Å². The molecule has 11 nitrogen and oxygen atoms in total.